The third kappa shape index (κ3) is 21.9. The van der Waals surface area contributed by atoms with Crippen LogP contribution in [0.15, 0.2) is 0 Å². The molecular formula is C19H40O4S. The van der Waals surface area contributed by atoms with Crippen LogP contribution in [-0.4, -0.2) is 31.4 Å². The van der Waals surface area contributed by atoms with Gasteiger partial charge in [-0.1, -0.05) is 77.0 Å². The predicted octanol–water partition coefficient (Wildman–Crippen LogP) is 5.76. The first kappa shape index (κ1) is 23.9. The van der Waals surface area contributed by atoms with Crippen molar-refractivity contribution in [3.8, 4) is 0 Å². The Labute approximate surface area is 150 Å². The summed E-state index contributed by atoms with van der Waals surface area (Å²) in [6.45, 7) is 5.08. The quantitative estimate of drug-likeness (QED) is 0.248. The van der Waals surface area contributed by atoms with Crippen LogP contribution in [0, 0.1) is 0 Å². The highest BCUT2D eigenvalue weighted by molar-refractivity contribution is 7.85. The number of ether oxygens (including phenoxy) is 1. The Hall–Kier alpha value is -0.130. The molecule has 0 radical (unpaired) electrons. The third-order valence-corrected chi connectivity index (χ3v) is 5.05. The Balaban J connectivity index is 3.05. The zero-order chi connectivity index (χ0) is 18.1. The number of hydrogen-bond acceptors (Lipinski definition) is 3. The molecule has 0 amide bonds. The van der Waals surface area contributed by atoms with Crippen molar-refractivity contribution in [2.24, 2.45) is 0 Å². The van der Waals surface area contributed by atoms with Gasteiger partial charge < -0.3 is 4.74 Å². The first-order valence-electron chi connectivity index (χ1n) is 9.98. The van der Waals surface area contributed by atoms with E-state index in [1.165, 1.54) is 70.6 Å². The molecule has 0 unspecified atom stereocenters. The molecule has 0 rings (SSSR count). The van der Waals surface area contributed by atoms with Crippen LogP contribution in [0.2, 0.25) is 0 Å². The molecule has 146 valence electrons. The van der Waals surface area contributed by atoms with E-state index in [2.05, 4.69) is 13.8 Å². The van der Waals surface area contributed by atoms with Gasteiger partial charge in [-0.05, 0) is 26.7 Å². The molecule has 1 N–H and O–H groups in total. The standard InChI is InChI=1S/C19H40O4S/c1-19(2)23-17-15-13-11-9-7-5-3-4-6-8-10-12-14-16-18-24(20,21)22/h19H,3-18H2,1-2H3,(H,20,21,22). The van der Waals surface area contributed by atoms with Crippen molar-refractivity contribution in [3.63, 3.8) is 0 Å². The Morgan fingerprint density at radius 2 is 1.00 bits per heavy atom. The molecule has 0 bridgehead atoms. The molecule has 0 fully saturated rings. The zero-order valence-corrected chi connectivity index (χ0v) is 16.8. The molecule has 0 aromatic rings. The van der Waals surface area contributed by atoms with Gasteiger partial charge in [-0.15, -0.1) is 0 Å². The molecule has 0 spiro atoms. The molecule has 0 aliphatic rings. The molecular weight excluding hydrogens is 324 g/mol. The second kappa shape index (κ2) is 16.3. The minimum absolute atomic E-state index is 0.0856. The molecule has 0 aliphatic carbocycles. The fourth-order valence-electron chi connectivity index (χ4n) is 2.83. The molecule has 0 atom stereocenters. The Morgan fingerprint density at radius 3 is 1.33 bits per heavy atom. The fourth-order valence-corrected chi connectivity index (χ4v) is 3.40. The maximum atomic E-state index is 10.6. The first-order valence-corrected chi connectivity index (χ1v) is 11.6. The lowest BCUT2D eigenvalue weighted by molar-refractivity contribution is 0.0756. The van der Waals surface area contributed by atoms with Crippen LogP contribution in [0.4, 0.5) is 0 Å². The number of unbranched alkanes of at least 4 members (excludes halogenated alkanes) is 13. The third-order valence-electron chi connectivity index (χ3n) is 4.25. The van der Waals surface area contributed by atoms with Gasteiger partial charge in [0.15, 0.2) is 0 Å². The smallest absolute Gasteiger partial charge is 0.264 e. The van der Waals surface area contributed by atoms with Gasteiger partial charge in [-0.25, -0.2) is 0 Å². The van der Waals surface area contributed by atoms with Crippen LogP contribution < -0.4 is 0 Å². The number of hydrogen-bond donors (Lipinski definition) is 1. The van der Waals surface area contributed by atoms with E-state index >= 15 is 0 Å². The Bertz CT molecular complexity index is 352. The van der Waals surface area contributed by atoms with E-state index in [-0.39, 0.29) is 5.75 Å². The van der Waals surface area contributed by atoms with E-state index in [1.807, 2.05) is 0 Å². The summed E-state index contributed by atoms with van der Waals surface area (Å²) >= 11 is 0. The Morgan fingerprint density at radius 1 is 0.667 bits per heavy atom. The molecule has 0 aromatic heterocycles. The van der Waals surface area contributed by atoms with Gasteiger partial charge in [0.05, 0.1) is 11.9 Å². The molecule has 24 heavy (non-hydrogen) atoms. The summed E-state index contributed by atoms with van der Waals surface area (Å²) < 4.78 is 35.3. The minimum atomic E-state index is -3.75. The number of rotatable bonds is 18. The van der Waals surface area contributed by atoms with Gasteiger partial charge in [0.2, 0.25) is 0 Å². The molecule has 5 heteroatoms. The second-order valence-corrected chi connectivity index (χ2v) is 8.73. The summed E-state index contributed by atoms with van der Waals surface area (Å²) in [5, 5.41) is 0. The second-order valence-electron chi connectivity index (χ2n) is 7.16. The van der Waals surface area contributed by atoms with Crippen molar-refractivity contribution >= 4 is 10.1 Å². The van der Waals surface area contributed by atoms with E-state index in [0.717, 1.165) is 19.4 Å². The van der Waals surface area contributed by atoms with Crippen LogP contribution in [0.5, 0.6) is 0 Å². The highest BCUT2D eigenvalue weighted by Crippen LogP contribution is 2.13. The van der Waals surface area contributed by atoms with E-state index < -0.39 is 10.1 Å². The summed E-state index contributed by atoms with van der Waals surface area (Å²) in [5.74, 6) is -0.0856. The van der Waals surface area contributed by atoms with Gasteiger partial charge in [0, 0.05) is 6.61 Å². The van der Waals surface area contributed by atoms with Gasteiger partial charge in [-0.2, -0.15) is 8.42 Å². The van der Waals surface area contributed by atoms with Crippen molar-refractivity contribution < 1.29 is 17.7 Å². The molecule has 0 aliphatic heterocycles. The highest BCUT2D eigenvalue weighted by atomic mass is 32.2. The largest absolute Gasteiger partial charge is 0.379 e. The summed E-state index contributed by atoms with van der Waals surface area (Å²) in [5.41, 5.74) is 0. The first-order chi connectivity index (χ1) is 11.4. The predicted molar refractivity (Wildman–Crippen MR) is 102 cm³/mol. The van der Waals surface area contributed by atoms with Gasteiger partial charge in [-0.3, -0.25) is 4.55 Å². The fraction of sp³-hybridized carbons (Fsp3) is 1.00. The van der Waals surface area contributed by atoms with Gasteiger partial charge in [0.1, 0.15) is 0 Å². The maximum absolute atomic E-state index is 10.6. The summed E-state index contributed by atoms with van der Waals surface area (Å²) in [4.78, 5) is 0. The zero-order valence-electron chi connectivity index (χ0n) is 16.0. The van der Waals surface area contributed by atoms with E-state index in [1.54, 1.807) is 0 Å². The van der Waals surface area contributed by atoms with Gasteiger partial charge in [0.25, 0.3) is 10.1 Å². The lowest BCUT2D eigenvalue weighted by Gasteiger charge is -2.07. The summed E-state index contributed by atoms with van der Waals surface area (Å²) in [6, 6.07) is 0. The van der Waals surface area contributed by atoms with Crippen molar-refractivity contribution in [1.82, 2.24) is 0 Å². The van der Waals surface area contributed by atoms with E-state index in [4.69, 9.17) is 9.29 Å². The SMILES string of the molecule is CC(C)OCCCCCCCCCCCCCCCCS(=O)(=O)O. The lowest BCUT2D eigenvalue weighted by atomic mass is 10.0. The topological polar surface area (TPSA) is 63.6 Å². The minimum Gasteiger partial charge on any atom is -0.379 e. The Kier molecular flexibility index (Phi) is 16.3. The van der Waals surface area contributed by atoms with E-state index in [9.17, 15) is 8.42 Å². The van der Waals surface area contributed by atoms with Crippen molar-refractivity contribution in [3.05, 3.63) is 0 Å². The summed E-state index contributed by atoms with van der Waals surface area (Å²) in [7, 11) is -3.75. The molecule has 0 aromatic carbocycles. The van der Waals surface area contributed by atoms with Crippen LogP contribution in [0.25, 0.3) is 0 Å². The highest BCUT2D eigenvalue weighted by Gasteiger charge is 2.02. The van der Waals surface area contributed by atoms with Crippen molar-refractivity contribution in [2.45, 2.75) is 110 Å². The van der Waals surface area contributed by atoms with Crippen LogP contribution in [-0.2, 0) is 14.9 Å². The maximum Gasteiger partial charge on any atom is 0.264 e. The molecule has 0 saturated carbocycles. The molecule has 0 saturated heterocycles. The average molecular weight is 365 g/mol. The van der Waals surface area contributed by atoms with Crippen LogP contribution in [0.1, 0.15) is 104 Å². The summed E-state index contributed by atoms with van der Waals surface area (Å²) in [6.07, 6.45) is 17.2. The normalized spacial score (nSPS) is 12.2. The van der Waals surface area contributed by atoms with Crippen LogP contribution >= 0.6 is 0 Å². The van der Waals surface area contributed by atoms with Crippen molar-refractivity contribution in [2.75, 3.05) is 12.4 Å². The molecule has 0 heterocycles. The monoisotopic (exact) mass is 364 g/mol. The van der Waals surface area contributed by atoms with Gasteiger partial charge >= 0.3 is 0 Å². The van der Waals surface area contributed by atoms with Crippen LogP contribution in [0.3, 0.4) is 0 Å². The average Bonchev–Trinajstić information content (AvgIpc) is 2.49. The molecule has 4 nitrogen and oxygen atoms in total. The van der Waals surface area contributed by atoms with Crippen molar-refractivity contribution in [1.29, 1.82) is 0 Å². The lowest BCUT2D eigenvalue weighted by Crippen LogP contribution is -2.03. The van der Waals surface area contributed by atoms with E-state index in [0.29, 0.717) is 12.5 Å².